The first-order chi connectivity index (χ1) is 11.3. The topological polar surface area (TPSA) is 52.4 Å². The largest absolute Gasteiger partial charge is 0.419 e. The summed E-state index contributed by atoms with van der Waals surface area (Å²) in [5, 5.41) is 9.28. The second-order valence-corrected chi connectivity index (χ2v) is 6.41. The molecule has 0 saturated carbocycles. The van der Waals surface area contributed by atoms with E-state index in [-0.39, 0.29) is 23.8 Å². The van der Waals surface area contributed by atoms with E-state index in [1.807, 2.05) is 4.90 Å². The van der Waals surface area contributed by atoms with Crippen LogP contribution in [0.2, 0.25) is 0 Å². The highest BCUT2D eigenvalue weighted by Gasteiger charge is 2.39. The maximum atomic E-state index is 13.1. The molecule has 0 N–H and O–H groups in total. The molecule has 1 saturated heterocycles. The average Bonchev–Trinajstić information content (AvgIpc) is 2.71. The third-order valence-electron chi connectivity index (χ3n) is 4.65. The summed E-state index contributed by atoms with van der Waals surface area (Å²) < 4.78 is 45.0. The molecule has 1 atom stereocenters. The van der Waals surface area contributed by atoms with Crippen molar-refractivity contribution in [3.05, 3.63) is 22.9 Å². The number of pyridine rings is 1. The van der Waals surface area contributed by atoms with E-state index in [1.54, 1.807) is 6.07 Å². The molecule has 0 radical (unpaired) electrons. The van der Waals surface area contributed by atoms with Crippen LogP contribution in [0, 0.1) is 11.3 Å². The van der Waals surface area contributed by atoms with Gasteiger partial charge in [-0.2, -0.15) is 18.4 Å². The summed E-state index contributed by atoms with van der Waals surface area (Å²) in [7, 11) is 0. The van der Waals surface area contributed by atoms with Gasteiger partial charge < -0.3 is 9.64 Å². The molecule has 0 unspecified atom stereocenters. The maximum Gasteiger partial charge on any atom is 0.419 e. The van der Waals surface area contributed by atoms with Crippen molar-refractivity contribution in [1.82, 2.24) is 9.88 Å². The molecule has 2 aliphatic rings. The number of rotatable bonds is 1. The van der Waals surface area contributed by atoms with E-state index in [0.29, 0.717) is 25.0 Å². The van der Waals surface area contributed by atoms with E-state index < -0.39 is 11.7 Å². The van der Waals surface area contributed by atoms with Gasteiger partial charge in [0.2, 0.25) is 0 Å². The Kier molecular flexibility index (Phi) is 4.40. The zero-order chi connectivity index (χ0) is 17.5. The Hall–Kier alpha value is -1.85. The number of alkyl halides is 3. The minimum atomic E-state index is -4.60. The standard InChI is InChI=1S/C16H19F3N4O/c1-10(2)22-3-4-23-11(7-22)8-24-9-13-12(5-20)14(16(17,18)19)6-21-15(13)23/h6,10-11H,3-4,7-9H2,1-2H3/t11-/m1/s1. The zero-order valence-corrected chi connectivity index (χ0v) is 13.6. The molecule has 2 aliphatic heterocycles. The Morgan fingerprint density at radius 3 is 2.75 bits per heavy atom. The Labute approximate surface area is 138 Å². The molecule has 1 fully saturated rings. The van der Waals surface area contributed by atoms with Crippen LogP contribution in [0.15, 0.2) is 6.20 Å². The number of piperazine rings is 1. The number of hydrogen-bond donors (Lipinski definition) is 0. The number of nitriles is 1. The van der Waals surface area contributed by atoms with E-state index in [0.717, 1.165) is 19.3 Å². The van der Waals surface area contributed by atoms with Crippen molar-refractivity contribution >= 4 is 5.82 Å². The summed E-state index contributed by atoms with van der Waals surface area (Å²) in [4.78, 5) is 8.36. The first kappa shape index (κ1) is 17.0. The summed E-state index contributed by atoms with van der Waals surface area (Å²) >= 11 is 0. The average molecular weight is 340 g/mol. The number of hydrogen-bond acceptors (Lipinski definition) is 5. The van der Waals surface area contributed by atoms with Crippen molar-refractivity contribution < 1.29 is 17.9 Å². The third kappa shape index (κ3) is 2.94. The quantitative estimate of drug-likeness (QED) is 0.786. The van der Waals surface area contributed by atoms with Gasteiger partial charge in [0.1, 0.15) is 11.9 Å². The van der Waals surface area contributed by atoms with Gasteiger partial charge in [-0.1, -0.05) is 0 Å². The fraction of sp³-hybridized carbons (Fsp3) is 0.625. The smallest absolute Gasteiger partial charge is 0.374 e. The van der Waals surface area contributed by atoms with E-state index in [2.05, 4.69) is 23.7 Å². The van der Waals surface area contributed by atoms with Crippen LogP contribution in [0.1, 0.15) is 30.5 Å². The fourth-order valence-corrected chi connectivity index (χ4v) is 3.34. The molecule has 0 aromatic carbocycles. The van der Waals surface area contributed by atoms with E-state index >= 15 is 0 Å². The van der Waals surface area contributed by atoms with Crippen molar-refractivity contribution in [3.63, 3.8) is 0 Å². The molecular weight excluding hydrogens is 321 g/mol. The van der Waals surface area contributed by atoms with Gasteiger partial charge in [0.25, 0.3) is 0 Å². The maximum absolute atomic E-state index is 13.1. The van der Waals surface area contributed by atoms with Crippen molar-refractivity contribution in [3.8, 4) is 6.07 Å². The highest BCUT2D eigenvalue weighted by Crippen LogP contribution is 2.37. The molecule has 0 amide bonds. The number of halogens is 3. The van der Waals surface area contributed by atoms with Crippen molar-refractivity contribution in [2.24, 2.45) is 0 Å². The predicted octanol–water partition coefficient (Wildman–Crippen LogP) is 2.40. The minimum Gasteiger partial charge on any atom is -0.374 e. The van der Waals surface area contributed by atoms with Crippen LogP contribution in [0.4, 0.5) is 19.0 Å². The molecule has 1 aromatic heterocycles. The molecule has 3 heterocycles. The first-order valence-corrected chi connectivity index (χ1v) is 7.90. The number of nitrogens with zero attached hydrogens (tertiary/aromatic N) is 4. The van der Waals surface area contributed by atoms with Gasteiger partial charge >= 0.3 is 6.18 Å². The van der Waals surface area contributed by atoms with Crippen LogP contribution in [0.5, 0.6) is 0 Å². The number of ether oxygens (including phenoxy) is 1. The molecule has 0 spiro atoms. The van der Waals surface area contributed by atoms with E-state index in [9.17, 15) is 18.4 Å². The Morgan fingerprint density at radius 1 is 1.38 bits per heavy atom. The van der Waals surface area contributed by atoms with E-state index in [4.69, 9.17) is 4.74 Å². The molecular formula is C16H19F3N4O. The predicted molar refractivity (Wildman–Crippen MR) is 81.5 cm³/mol. The van der Waals surface area contributed by atoms with Crippen LogP contribution in [0.25, 0.3) is 0 Å². The van der Waals surface area contributed by atoms with Crippen molar-refractivity contribution in [1.29, 1.82) is 5.26 Å². The molecule has 130 valence electrons. The summed E-state index contributed by atoms with van der Waals surface area (Å²) in [6.07, 6.45) is -3.83. The van der Waals surface area contributed by atoms with Crippen LogP contribution in [0.3, 0.4) is 0 Å². The minimum absolute atomic E-state index is 0.0240. The van der Waals surface area contributed by atoms with Gasteiger partial charge in [0.15, 0.2) is 0 Å². The Bertz CT molecular complexity index is 669. The Morgan fingerprint density at radius 2 is 2.12 bits per heavy atom. The fourth-order valence-electron chi connectivity index (χ4n) is 3.34. The van der Waals surface area contributed by atoms with Gasteiger partial charge in [-0.05, 0) is 13.8 Å². The molecule has 8 heteroatoms. The molecule has 1 aromatic rings. The lowest BCUT2D eigenvalue weighted by Crippen LogP contribution is -2.56. The third-order valence-corrected chi connectivity index (χ3v) is 4.65. The van der Waals surface area contributed by atoms with Gasteiger partial charge in [-0.3, -0.25) is 4.90 Å². The summed E-state index contributed by atoms with van der Waals surface area (Å²) in [5.74, 6) is 0.449. The van der Waals surface area contributed by atoms with Gasteiger partial charge in [-0.25, -0.2) is 4.98 Å². The van der Waals surface area contributed by atoms with Crippen LogP contribution in [-0.2, 0) is 17.5 Å². The lowest BCUT2D eigenvalue weighted by molar-refractivity contribution is -0.138. The highest BCUT2D eigenvalue weighted by atomic mass is 19.4. The van der Waals surface area contributed by atoms with Crippen molar-refractivity contribution in [2.45, 2.75) is 38.7 Å². The summed E-state index contributed by atoms with van der Waals surface area (Å²) in [6.45, 7) is 6.84. The van der Waals surface area contributed by atoms with Gasteiger partial charge in [-0.15, -0.1) is 0 Å². The Balaban J connectivity index is 2.02. The molecule has 3 rings (SSSR count). The number of aromatic nitrogens is 1. The lowest BCUT2D eigenvalue weighted by atomic mass is 10.0. The van der Waals surface area contributed by atoms with Crippen LogP contribution < -0.4 is 4.90 Å². The summed E-state index contributed by atoms with van der Waals surface area (Å²) in [5.41, 5.74) is -1.13. The van der Waals surface area contributed by atoms with Gasteiger partial charge in [0, 0.05) is 37.4 Å². The second kappa shape index (κ2) is 6.22. The van der Waals surface area contributed by atoms with E-state index in [1.165, 1.54) is 0 Å². The molecule has 5 nitrogen and oxygen atoms in total. The number of fused-ring (bicyclic) bond motifs is 3. The first-order valence-electron chi connectivity index (χ1n) is 7.90. The van der Waals surface area contributed by atoms with Crippen LogP contribution >= 0.6 is 0 Å². The number of anilines is 1. The molecule has 24 heavy (non-hydrogen) atoms. The monoisotopic (exact) mass is 340 g/mol. The zero-order valence-electron chi connectivity index (χ0n) is 13.6. The lowest BCUT2D eigenvalue weighted by Gasteiger charge is -2.43. The van der Waals surface area contributed by atoms with Gasteiger partial charge in [0.05, 0.1) is 30.4 Å². The highest BCUT2D eigenvalue weighted by molar-refractivity contribution is 5.59. The molecule has 0 bridgehead atoms. The summed E-state index contributed by atoms with van der Waals surface area (Å²) in [6, 6.07) is 2.12. The van der Waals surface area contributed by atoms with Crippen LogP contribution in [-0.4, -0.2) is 48.2 Å². The molecule has 0 aliphatic carbocycles. The van der Waals surface area contributed by atoms with Crippen molar-refractivity contribution in [2.75, 3.05) is 31.1 Å². The normalized spacial score (nSPS) is 21.9. The second-order valence-electron chi connectivity index (χ2n) is 6.41. The SMILES string of the molecule is CC(C)N1CCN2c3ncc(C(F)(F)F)c(C#N)c3COC[C@H]2C1.